The number of hydrogen-bond acceptors (Lipinski definition) is 12. The van der Waals surface area contributed by atoms with Crippen LogP contribution in [-0.4, -0.2) is 22.6 Å². The van der Waals surface area contributed by atoms with E-state index in [1.54, 1.807) is 12.1 Å². The minimum atomic E-state index is -2.47. The highest BCUT2D eigenvalue weighted by molar-refractivity contribution is 5.62. The van der Waals surface area contributed by atoms with Crippen molar-refractivity contribution in [3.8, 4) is 0 Å². The molecule has 12 nitrogen and oxygen atoms in total. The summed E-state index contributed by atoms with van der Waals surface area (Å²) in [6.07, 6.45) is 0. The summed E-state index contributed by atoms with van der Waals surface area (Å²) in [5.41, 5.74) is 31.2. The van der Waals surface area contributed by atoms with Crippen LogP contribution in [0.4, 0.5) is 11.4 Å². The van der Waals surface area contributed by atoms with Crippen molar-refractivity contribution in [1.29, 1.82) is 0 Å². The lowest BCUT2D eigenvalue weighted by molar-refractivity contribution is -0.569. The molecule has 0 atom stereocenters. The molecule has 116 valence electrons. The minimum absolute atomic E-state index is 0.646. The van der Waals surface area contributed by atoms with Gasteiger partial charge in [-0.3, -0.25) is 22.9 Å². The van der Waals surface area contributed by atoms with Crippen molar-refractivity contribution in [3.63, 3.8) is 0 Å². The van der Waals surface area contributed by atoms with E-state index in [1.165, 1.54) is 0 Å². The van der Waals surface area contributed by atoms with Crippen LogP contribution in [0.25, 0.3) is 0 Å². The number of anilines is 2. The van der Waals surface area contributed by atoms with Crippen molar-refractivity contribution in [3.05, 3.63) is 24.3 Å². The van der Waals surface area contributed by atoms with Crippen LogP contribution in [0.3, 0.4) is 0 Å². The van der Waals surface area contributed by atoms with Crippen LogP contribution in [0.2, 0.25) is 0 Å². The molecule has 1 aromatic rings. The van der Waals surface area contributed by atoms with E-state index < -0.39 is 12.1 Å². The van der Waals surface area contributed by atoms with Crippen LogP contribution >= 0.6 is 0 Å². The molecule has 0 aliphatic rings. The van der Waals surface area contributed by atoms with E-state index in [1.807, 2.05) is 12.1 Å². The van der Waals surface area contributed by atoms with Crippen LogP contribution < -0.4 is 34.4 Å². The van der Waals surface area contributed by atoms with Crippen LogP contribution in [0, 0.1) is 0 Å². The maximum absolute atomic E-state index is 7.92. The van der Waals surface area contributed by atoms with Crippen molar-refractivity contribution >= 4 is 11.4 Å². The first-order chi connectivity index (χ1) is 9.13. The van der Waals surface area contributed by atoms with Gasteiger partial charge in [0.2, 0.25) is 0 Å². The van der Waals surface area contributed by atoms with Crippen LogP contribution in [0.1, 0.15) is 0 Å². The summed E-state index contributed by atoms with van der Waals surface area (Å²) in [6.45, 7) is 0. The highest BCUT2D eigenvalue weighted by atomic mass is 17.3. The third-order valence-electron chi connectivity index (χ3n) is 1.58. The first kappa shape index (κ1) is 18.4. The Morgan fingerprint density at radius 1 is 0.750 bits per heavy atom. The molecule has 0 fully saturated rings. The summed E-state index contributed by atoms with van der Waals surface area (Å²) in [5.74, 6) is 0. The Morgan fingerprint density at radius 3 is 1.25 bits per heavy atom. The first-order valence-electron chi connectivity index (χ1n) is 4.91. The van der Waals surface area contributed by atoms with E-state index in [0.717, 1.165) is 0 Å². The Kier molecular flexibility index (Phi) is 7.25. The fourth-order valence-electron chi connectivity index (χ4n) is 0.672. The molecule has 0 radical (unpaired) electrons. The second-order valence-electron chi connectivity index (χ2n) is 3.42. The molecule has 0 aromatic heterocycles. The maximum atomic E-state index is 7.92. The molecule has 14 N–H and O–H groups in total. The van der Waals surface area contributed by atoms with Crippen molar-refractivity contribution in [1.82, 2.24) is 0 Å². The summed E-state index contributed by atoms with van der Waals surface area (Å²) in [5, 5.41) is 15.8. The quantitative estimate of drug-likeness (QED) is 0.125. The van der Waals surface area contributed by atoms with Gasteiger partial charge >= 0.3 is 12.1 Å². The fraction of sp³-hybridized carbons (Fsp3) is 0.250. The van der Waals surface area contributed by atoms with Gasteiger partial charge in [0.1, 0.15) is 0 Å². The van der Waals surface area contributed by atoms with Gasteiger partial charge in [-0.15, -0.1) is 0 Å². The smallest absolute Gasteiger partial charge is 0.343 e. The average molecular weight is 294 g/mol. The topological polar surface area (TPSA) is 234 Å². The summed E-state index contributed by atoms with van der Waals surface area (Å²) < 4.78 is 0. The molecule has 0 spiro atoms. The van der Waals surface area contributed by atoms with E-state index in [-0.39, 0.29) is 0 Å². The predicted octanol–water partition coefficient (Wildman–Crippen LogP) is -2.18. The molecule has 12 heteroatoms. The predicted molar refractivity (Wildman–Crippen MR) is 67.1 cm³/mol. The Hall–Kier alpha value is -1.58. The van der Waals surface area contributed by atoms with E-state index >= 15 is 0 Å². The Balaban J connectivity index is 0.000000388. The summed E-state index contributed by atoms with van der Waals surface area (Å²) in [4.78, 5) is 14.4. The molecule has 1 rings (SSSR count). The fourth-order valence-corrected chi connectivity index (χ4v) is 0.672. The van der Waals surface area contributed by atoms with E-state index in [2.05, 4.69) is 19.6 Å². The number of nitrogen functional groups attached to an aromatic ring is 2. The second-order valence-corrected chi connectivity index (χ2v) is 3.42. The summed E-state index contributed by atoms with van der Waals surface area (Å²) in [6, 6.07) is 2.31. The van der Waals surface area contributed by atoms with E-state index in [9.17, 15) is 0 Å². The standard InChI is InChI=1S/C6H8N2.C2H10N4O6/c7-5-3-1-2-4-6(5)8;3-1(4,9-7)11-12-2(5,6)10-8/h1-4H,7-8H2;7-8H,3-6H2. The van der Waals surface area contributed by atoms with Gasteiger partial charge < -0.3 is 11.5 Å². The lowest BCUT2D eigenvalue weighted by Crippen LogP contribution is -2.60. The number of hydrogen-bond donors (Lipinski definition) is 8. The Morgan fingerprint density at radius 2 is 1.05 bits per heavy atom. The monoisotopic (exact) mass is 294 g/mol. The first-order valence-corrected chi connectivity index (χ1v) is 4.91. The SMILES string of the molecule is NC(N)(OO)OOC(N)(N)OO.Nc1ccccc1N. The van der Waals surface area contributed by atoms with Crippen LogP contribution in [-0.2, 0) is 19.6 Å². The highest BCUT2D eigenvalue weighted by Crippen LogP contribution is 2.10. The molecule has 0 bridgehead atoms. The van der Waals surface area contributed by atoms with Gasteiger partial charge in [-0.1, -0.05) is 12.1 Å². The zero-order valence-electron chi connectivity index (χ0n) is 10.3. The van der Waals surface area contributed by atoms with Crippen molar-refractivity contribution in [2.45, 2.75) is 12.1 Å². The lowest BCUT2D eigenvalue weighted by Gasteiger charge is -2.24. The Labute approximate surface area is 113 Å². The molecule has 0 saturated carbocycles. The van der Waals surface area contributed by atoms with Crippen molar-refractivity contribution in [2.24, 2.45) is 22.9 Å². The van der Waals surface area contributed by atoms with Gasteiger partial charge in [-0.25, -0.2) is 10.5 Å². The molecular weight excluding hydrogens is 276 g/mol. The van der Waals surface area contributed by atoms with E-state index in [4.69, 9.17) is 44.9 Å². The second kappa shape index (κ2) is 7.88. The van der Waals surface area contributed by atoms with Gasteiger partial charge in [0.15, 0.2) is 0 Å². The van der Waals surface area contributed by atoms with Crippen LogP contribution in [0.5, 0.6) is 0 Å². The van der Waals surface area contributed by atoms with Gasteiger partial charge in [0.25, 0.3) is 0 Å². The molecule has 0 heterocycles. The largest absolute Gasteiger partial charge is 0.397 e. The third-order valence-corrected chi connectivity index (χ3v) is 1.58. The molecule has 0 saturated heterocycles. The minimum Gasteiger partial charge on any atom is -0.397 e. The average Bonchev–Trinajstić information content (AvgIpc) is 2.41. The molecule has 0 amide bonds. The van der Waals surface area contributed by atoms with Gasteiger partial charge in [-0.2, -0.15) is 19.6 Å². The van der Waals surface area contributed by atoms with Crippen molar-refractivity contribution < 1.29 is 30.1 Å². The number of nitrogens with two attached hydrogens (primary N) is 6. The van der Waals surface area contributed by atoms with Gasteiger partial charge in [0, 0.05) is 0 Å². The zero-order chi connectivity index (χ0) is 15.8. The Bertz CT molecular complexity index is 366. The summed E-state index contributed by atoms with van der Waals surface area (Å²) in [7, 11) is 0. The molecule has 20 heavy (non-hydrogen) atoms. The van der Waals surface area contributed by atoms with E-state index in [0.29, 0.717) is 11.4 Å². The van der Waals surface area contributed by atoms with Crippen LogP contribution in [0.15, 0.2) is 24.3 Å². The number of rotatable bonds is 5. The molecule has 0 unspecified atom stereocenters. The van der Waals surface area contributed by atoms with Gasteiger partial charge in [0.05, 0.1) is 11.4 Å². The zero-order valence-corrected chi connectivity index (χ0v) is 10.3. The lowest BCUT2D eigenvalue weighted by atomic mass is 10.3. The molecule has 0 aliphatic heterocycles. The third kappa shape index (κ3) is 7.77. The van der Waals surface area contributed by atoms with Gasteiger partial charge in [-0.05, 0) is 12.1 Å². The molecular formula is C8H18N6O6. The maximum Gasteiger partial charge on any atom is 0.343 e. The van der Waals surface area contributed by atoms with Crippen molar-refractivity contribution in [2.75, 3.05) is 11.5 Å². The normalized spacial score (nSPS) is 11.7. The molecule has 0 aliphatic carbocycles. The molecule has 1 aromatic carbocycles. The highest BCUT2D eigenvalue weighted by Gasteiger charge is 2.30. The summed E-state index contributed by atoms with van der Waals surface area (Å²) >= 11 is 0. The number of para-hydroxylation sites is 2. The number of benzene rings is 1.